The van der Waals surface area contributed by atoms with E-state index in [1.165, 1.54) is 0 Å². The second-order valence-electron chi connectivity index (χ2n) is 3.05. The predicted octanol–water partition coefficient (Wildman–Crippen LogP) is -0.112. The summed E-state index contributed by atoms with van der Waals surface area (Å²) in [6.45, 7) is 2.01. The van der Waals surface area contributed by atoms with Crippen LogP contribution in [0.4, 0.5) is 0 Å². The number of primary amides is 1. The van der Waals surface area contributed by atoms with Crippen LogP contribution in [-0.4, -0.2) is 22.3 Å². The second kappa shape index (κ2) is 5.11. The van der Waals surface area contributed by atoms with Crippen molar-refractivity contribution >= 4 is 17.5 Å². The van der Waals surface area contributed by atoms with Crippen LogP contribution in [-0.2, 0) is 23.2 Å². The Morgan fingerprint density at radius 3 is 2.87 bits per heavy atom. The Morgan fingerprint density at radius 2 is 2.40 bits per heavy atom. The summed E-state index contributed by atoms with van der Waals surface area (Å²) in [5, 5.41) is 4.71. The lowest BCUT2D eigenvalue weighted by molar-refractivity contribution is -0.125. The minimum Gasteiger partial charge on any atom is -0.368 e. The molecule has 0 spiro atoms. The van der Waals surface area contributed by atoms with Gasteiger partial charge in [-0.1, -0.05) is 11.6 Å². The molecule has 15 heavy (non-hydrogen) atoms. The van der Waals surface area contributed by atoms with Crippen LogP contribution in [0.1, 0.15) is 11.4 Å². The summed E-state index contributed by atoms with van der Waals surface area (Å²) in [7, 11) is 1.78. The van der Waals surface area contributed by atoms with Crippen molar-refractivity contribution in [3.05, 3.63) is 16.4 Å². The second-order valence-corrected chi connectivity index (χ2v) is 3.42. The first-order chi connectivity index (χ1) is 7.02. The van der Waals surface area contributed by atoms with E-state index in [2.05, 4.69) is 10.6 Å². The highest BCUT2D eigenvalue weighted by atomic mass is 35.5. The Morgan fingerprint density at radius 1 is 1.73 bits per heavy atom. The molecule has 84 valence electrons. The number of hydroxylamine groups is 1. The molecule has 0 aromatic carbocycles. The summed E-state index contributed by atoms with van der Waals surface area (Å²) in [5.74, 6) is -0.533. The van der Waals surface area contributed by atoms with Gasteiger partial charge in [0.15, 0.2) is 0 Å². The molecule has 3 N–H and O–H groups in total. The van der Waals surface area contributed by atoms with E-state index in [1.807, 2.05) is 6.92 Å². The maximum absolute atomic E-state index is 10.4. The third-order valence-electron chi connectivity index (χ3n) is 1.82. The Kier molecular flexibility index (Phi) is 4.07. The smallest absolute Gasteiger partial charge is 0.245 e. The molecular formula is C8H13ClN4O2. The van der Waals surface area contributed by atoms with Gasteiger partial charge in [-0.3, -0.25) is 14.3 Å². The fourth-order valence-electron chi connectivity index (χ4n) is 1.11. The molecule has 0 saturated carbocycles. The average Bonchev–Trinajstić information content (AvgIpc) is 2.37. The maximum Gasteiger partial charge on any atom is 0.245 e. The fraction of sp³-hybridized carbons (Fsp3) is 0.500. The number of nitrogens with one attached hydrogen (secondary N) is 1. The lowest BCUT2D eigenvalue weighted by atomic mass is 10.4. The van der Waals surface area contributed by atoms with Crippen molar-refractivity contribution in [1.29, 1.82) is 0 Å². The standard InChI is InChI=1S/C8H13ClN4O2/c1-5-8(9)6(13(2)12-5)3-11-15-4-7(10)14/h11H,3-4H2,1-2H3,(H2,10,14). The number of hydrogen-bond acceptors (Lipinski definition) is 4. The largest absolute Gasteiger partial charge is 0.368 e. The summed E-state index contributed by atoms with van der Waals surface area (Å²) in [4.78, 5) is 15.2. The van der Waals surface area contributed by atoms with Crippen molar-refractivity contribution in [2.75, 3.05) is 6.61 Å². The van der Waals surface area contributed by atoms with Gasteiger partial charge in [-0.05, 0) is 6.92 Å². The van der Waals surface area contributed by atoms with Crippen LogP contribution in [0, 0.1) is 6.92 Å². The molecule has 6 nitrogen and oxygen atoms in total. The molecule has 0 fully saturated rings. The summed E-state index contributed by atoms with van der Waals surface area (Å²) in [6, 6.07) is 0. The highest BCUT2D eigenvalue weighted by molar-refractivity contribution is 6.31. The molecule has 1 aromatic heterocycles. The van der Waals surface area contributed by atoms with Gasteiger partial charge in [-0.15, -0.1) is 0 Å². The zero-order chi connectivity index (χ0) is 11.4. The first-order valence-electron chi connectivity index (χ1n) is 4.33. The van der Waals surface area contributed by atoms with Crippen LogP contribution >= 0.6 is 11.6 Å². The van der Waals surface area contributed by atoms with Gasteiger partial charge < -0.3 is 5.73 Å². The molecule has 1 rings (SSSR count). The van der Waals surface area contributed by atoms with E-state index in [-0.39, 0.29) is 6.61 Å². The Hall–Kier alpha value is -1.11. The number of amides is 1. The van der Waals surface area contributed by atoms with Crippen LogP contribution in [0.3, 0.4) is 0 Å². The van der Waals surface area contributed by atoms with Crippen molar-refractivity contribution in [3.8, 4) is 0 Å². The van der Waals surface area contributed by atoms with Gasteiger partial charge in [0.25, 0.3) is 0 Å². The molecule has 0 aliphatic carbocycles. The summed E-state index contributed by atoms with van der Waals surface area (Å²) >= 11 is 5.99. The van der Waals surface area contributed by atoms with Crippen molar-refractivity contribution in [3.63, 3.8) is 0 Å². The number of nitrogens with two attached hydrogens (primary N) is 1. The Bertz CT molecular complexity index is 364. The molecular weight excluding hydrogens is 220 g/mol. The van der Waals surface area contributed by atoms with Crippen molar-refractivity contribution in [2.45, 2.75) is 13.5 Å². The predicted molar refractivity (Wildman–Crippen MR) is 54.9 cm³/mol. The van der Waals surface area contributed by atoms with E-state index in [9.17, 15) is 4.79 Å². The summed E-state index contributed by atoms with van der Waals surface area (Å²) in [5.41, 5.74) is 9.02. The minimum atomic E-state index is -0.533. The molecule has 0 unspecified atom stereocenters. The molecule has 0 bridgehead atoms. The monoisotopic (exact) mass is 232 g/mol. The van der Waals surface area contributed by atoms with Crippen molar-refractivity contribution < 1.29 is 9.63 Å². The molecule has 0 saturated heterocycles. The van der Waals surface area contributed by atoms with Gasteiger partial charge in [-0.25, -0.2) is 0 Å². The highest BCUT2D eigenvalue weighted by Crippen LogP contribution is 2.18. The average molecular weight is 233 g/mol. The van der Waals surface area contributed by atoms with Gasteiger partial charge in [-0.2, -0.15) is 10.6 Å². The third kappa shape index (κ3) is 3.19. The van der Waals surface area contributed by atoms with Crippen molar-refractivity contribution in [1.82, 2.24) is 15.3 Å². The number of carbonyl (C=O) groups excluding carboxylic acids is 1. The van der Waals surface area contributed by atoms with E-state index in [0.29, 0.717) is 11.6 Å². The Balaban J connectivity index is 2.47. The SMILES string of the molecule is Cc1nn(C)c(CNOCC(N)=O)c1Cl. The van der Waals surface area contributed by atoms with Gasteiger partial charge in [0.2, 0.25) is 5.91 Å². The summed E-state index contributed by atoms with van der Waals surface area (Å²) in [6.07, 6.45) is 0. The number of nitrogens with zero attached hydrogens (tertiary/aromatic N) is 2. The van der Waals surface area contributed by atoms with E-state index in [1.54, 1.807) is 11.7 Å². The zero-order valence-electron chi connectivity index (χ0n) is 8.58. The van der Waals surface area contributed by atoms with Gasteiger partial charge >= 0.3 is 0 Å². The molecule has 1 amide bonds. The van der Waals surface area contributed by atoms with Crippen molar-refractivity contribution in [2.24, 2.45) is 12.8 Å². The topological polar surface area (TPSA) is 82.2 Å². The van der Waals surface area contributed by atoms with E-state index in [4.69, 9.17) is 22.2 Å². The first kappa shape index (κ1) is 12.0. The van der Waals surface area contributed by atoms with E-state index < -0.39 is 5.91 Å². The van der Waals surface area contributed by atoms with Crippen LogP contribution in [0.25, 0.3) is 0 Å². The molecule has 7 heteroatoms. The number of halogens is 1. The zero-order valence-corrected chi connectivity index (χ0v) is 9.34. The summed E-state index contributed by atoms with van der Waals surface area (Å²) < 4.78 is 1.65. The number of aryl methyl sites for hydroxylation is 2. The van der Waals surface area contributed by atoms with Crippen LogP contribution < -0.4 is 11.2 Å². The quantitative estimate of drug-likeness (QED) is 0.548. The number of aromatic nitrogens is 2. The van der Waals surface area contributed by atoms with Gasteiger partial charge in [0.1, 0.15) is 6.61 Å². The fourth-order valence-corrected chi connectivity index (χ4v) is 1.34. The van der Waals surface area contributed by atoms with Crippen LogP contribution in [0.5, 0.6) is 0 Å². The lowest BCUT2D eigenvalue weighted by Crippen LogP contribution is -2.25. The number of rotatable bonds is 5. The Labute approximate surface area is 92.3 Å². The number of hydrogen-bond donors (Lipinski definition) is 2. The molecule has 0 aliphatic rings. The maximum atomic E-state index is 10.4. The molecule has 0 atom stereocenters. The third-order valence-corrected chi connectivity index (χ3v) is 2.31. The normalized spacial score (nSPS) is 10.6. The van der Waals surface area contributed by atoms with E-state index >= 15 is 0 Å². The lowest BCUT2D eigenvalue weighted by Gasteiger charge is -2.04. The first-order valence-corrected chi connectivity index (χ1v) is 4.71. The minimum absolute atomic E-state index is 0.172. The highest BCUT2D eigenvalue weighted by Gasteiger charge is 2.10. The molecule has 0 radical (unpaired) electrons. The van der Waals surface area contributed by atoms with Gasteiger partial charge in [0.05, 0.1) is 23.0 Å². The van der Waals surface area contributed by atoms with Crippen LogP contribution in [0.15, 0.2) is 0 Å². The molecule has 1 heterocycles. The van der Waals surface area contributed by atoms with Gasteiger partial charge in [0, 0.05) is 7.05 Å². The molecule has 0 aliphatic heterocycles. The number of carbonyl (C=O) groups is 1. The van der Waals surface area contributed by atoms with E-state index in [0.717, 1.165) is 11.4 Å². The van der Waals surface area contributed by atoms with Crippen LogP contribution in [0.2, 0.25) is 5.02 Å². The molecule has 1 aromatic rings.